The molecule has 0 atom stereocenters. The molecule has 0 saturated carbocycles. The second-order valence-electron chi connectivity index (χ2n) is 10.2. The van der Waals surface area contributed by atoms with Gasteiger partial charge in [-0.2, -0.15) is 0 Å². The predicted octanol–water partition coefficient (Wildman–Crippen LogP) is 6.63. The highest BCUT2D eigenvalue weighted by Gasteiger charge is 2.24. The summed E-state index contributed by atoms with van der Waals surface area (Å²) in [6.45, 7) is 7.80. The topological polar surface area (TPSA) is 52.9 Å². The number of aromatic nitrogens is 2. The molecule has 1 aliphatic rings. The fraction of sp³-hybridized carbons (Fsp3) is 0.212. The van der Waals surface area contributed by atoms with E-state index in [0.717, 1.165) is 58.9 Å². The Bertz CT molecular complexity index is 1580. The van der Waals surface area contributed by atoms with E-state index >= 15 is 0 Å². The number of hydrogen-bond donors (Lipinski definition) is 1. The Labute approximate surface area is 229 Å². The number of imidazole rings is 1. The van der Waals surface area contributed by atoms with Crippen LogP contribution in [-0.4, -0.2) is 51.4 Å². The summed E-state index contributed by atoms with van der Waals surface area (Å²) in [4.78, 5) is 22.5. The Balaban J connectivity index is 1.24. The molecule has 6 nitrogen and oxygen atoms in total. The molecule has 1 aliphatic heterocycles. The number of aryl methyl sites for hydroxylation is 2. The van der Waals surface area contributed by atoms with E-state index in [1.165, 1.54) is 11.3 Å². The molecule has 0 spiro atoms. The number of para-hydroxylation sites is 1. The second kappa shape index (κ2) is 10.8. The summed E-state index contributed by atoms with van der Waals surface area (Å²) in [6, 6.07) is 31.2. The van der Waals surface area contributed by atoms with Crippen LogP contribution >= 0.6 is 0 Å². The minimum Gasteiger partial charge on any atom is -0.322 e. The van der Waals surface area contributed by atoms with Crippen molar-refractivity contribution in [3.05, 3.63) is 114 Å². The van der Waals surface area contributed by atoms with Crippen LogP contribution in [-0.2, 0) is 6.54 Å². The molecule has 6 heteroatoms. The first-order valence-corrected chi connectivity index (χ1v) is 13.5. The number of carbonyl (C=O) groups is 1. The molecule has 3 heterocycles. The van der Waals surface area contributed by atoms with E-state index in [-0.39, 0.29) is 6.03 Å². The van der Waals surface area contributed by atoms with Gasteiger partial charge in [-0.15, -0.1) is 0 Å². The Kier molecular flexibility index (Phi) is 6.86. The molecule has 3 aromatic carbocycles. The zero-order valence-electron chi connectivity index (χ0n) is 22.5. The fourth-order valence-electron chi connectivity index (χ4n) is 5.39. The summed E-state index contributed by atoms with van der Waals surface area (Å²) >= 11 is 0. The van der Waals surface area contributed by atoms with Crippen molar-refractivity contribution in [1.82, 2.24) is 19.2 Å². The van der Waals surface area contributed by atoms with Crippen molar-refractivity contribution in [2.45, 2.75) is 20.4 Å². The quantitative estimate of drug-likeness (QED) is 0.286. The molecule has 1 saturated heterocycles. The van der Waals surface area contributed by atoms with Crippen molar-refractivity contribution in [1.29, 1.82) is 0 Å². The standard InChI is InChI=1S/C33H33N5O/c1-24-10-9-11-25(2)31(24)35-33(39)37-20-18-36(19-21-37)23-29-32(27-14-7-4-8-15-27)34-30-17-16-28(22-38(29)30)26-12-5-3-6-13-26/h3-17,22H,18-21,23H2,1-2H3,(H,35,39). The van der Waals surface area contributed by atoms with Gasteiger partial charge in [-0.05, 0) is 48.2 Å². The van der Waals surface area contributed by atoms with Crippen LogP contribution in [0.15, 0.2) is 97.2 Å². The maximum atomic E-state index is 13.1. The van der Waals surface area contributed by atoms with Gasteiger partial charge in [0.25, 0.3) is 0 Å². The van der Waals surface area contributed by atoms with Crippen molar-refractivity contribution in [3.63, 3.8) is 0 Å². The normalized spacial score (nSPS) is 14.1. The number of amides is 2. The van der Waals surface area contributed by atoms with Crippen molar-refractivity contribution in [2.75, 3.05) is 31.5 Å². The lowest BCUT2D eigenvalue weighted by molar-refractivity contribution is 0.142. The number of benzene rings is 3. The number of pyridine rings is 1. The first-order chi connectivity index (χ1) is 19.1. The number of fused-ring (bicyclic) bond motifs is 1. The van der Waals surface area contributed by atoms with Crippen LogP contribution in [0.25, 0.3) is 28.0 Å². The molecular formula is C33H33N5O. The summed E-state index contributed by atoms with van der Waals surface area (Å²) in [7, 11) is 0. The van der Waals surface area contributed by atoms with E-state index in [2.05, 4.69) is 81.5 Å². The minimum atomic E-state index is -0.0284. The van der Waals surface area contributed by atoms with Gasteiger partial charge in [0.2, 0.25) is 0 Å². The van der Waals surface area contributed by atoms with Crippen molar-refractivity contribution in [3.8, 4) is 22.4 Å². The number of nitrogens with one attached hydrogen (secondary N) is 1. The highest BCUT2D eigenvalue weighted by Crippen LogP contribution is 2.29. The monoisotopic (exact) mass is 515 g/mol. The molecule has 196 valence electrons. The summed E-state index contributed by atoms with van der Waals surface area (Å²) < 4.78 is 2.24. The Hall–Kier alpha value is -4.42. The van der Waals surface area contributed by atoms with E-state index in [9.17, 15) is 4.79 Å². The summed E-state index contributed by atoms with van der Waals surface area (Å²) in [5.41, 5.74) is 9.66. The number of nitrogens with zero attached hydrogens (tertiary/aromatic N) is 4. The van der Waals surface area contributed by atoms with Gasteiger partial charge in [-0.25, -0.2) is 9.78 Å². The average Bonchev–Trinajstić information content (AvgIpc) is 3.33. The molecule has 5 aromatic rings. The molecule has 39 heavy (non-hydrogen) atoms. The van der Waals surface area contributed by atoms with Gasteiger partial charge >= 0.3 is 6.03 Å². The molecule has 6 rings (SSSR count). The highest BCUT2D eigenvalue weighted by molar-refractivity contribution is 5.91. The number of hydrogen-bond acceptors (Lipinski definition) is 3. The summed E-state index contributed by atoms with van der Waals surface area (Å²) in [5, 5.41) is 3.14. The molecule has 0 radical (unpaired) electrons. The number of carbonyl (C=O) groups excluding carboxylic acids is 1. The van der Waals surface area contributed by atoms with Crippen LogP contribution in [0, 0.1) is 13.8 Å². The van der Waals surface area contributed by atoms with E-state index in [1.54, 1.807) is 0 Å². The smallest absolute Gasteiger partial charge is 0.321 e. The number of urea groups is 1. The highest BCUT2D eigenvalue weighted by atomic mass is 16.2. The third-order valence-corrected chi connectivity index (χ3v) is 7.62. The van der Waals surface area contributed by atoms with Crippen LogP contribution < -0.4 is 5.32 Å². The summed E-state index contributed by atoms with van der Waals surface area (Å²) in [6.07, 6.45) is 2.20. The molecule has 2 aromatic heterocycles. The van der Waals surface area contributed by atoms with Crippen LogP contribution in [0.1, 0.15) is 16.8 Å². The van der Waals surface area contributed by atoms with Gasteiger partial charge in [0.15, 0.2) is 0 Å². The first kappa shape index (κ1) is 24.9. The molecule has 1 fully saturated rings. The lowest BCUT2D eigenvalue weighted by Gasteiger charge is -2.35. The Morgan fingerprint density at radius 3 is 2.05 bits per heavy atom. The third kappa shape index (κ3) is 5.16. The maximum absolute atomic E-state index is 13.1. The Morgan fingerprint density at radius 1 is 0.744 bits per heavy atom. The molecule has 0 bridgehead atoms. The van der Waals surface area contributed by atoms with Gasteiger partial charge in [0, 0.05) is 50.2 Å². The molecule has 0 unspecified atom stereocenters. The molecule has 0 aliphatic carbocycles. The SMILES string of the molecule is Cc1cccc(C)c1NC(=O)N1CCN(Cc2c(-c3ccccc3)nc3ccc(-c4ccccc4)cn23)CC1. The predicted molar refractivity (Wildman–Crippen MR) is 158 cm³/mol. The lowest BCUT2D eigenvalue weighted by atomic mass is 10.1. The zero-order chi connectivity index (χ0) is 26.8. The largest absolute Gasteiger partial charge is 0.322 e. The van der Waals surface area contributed by atoms with E-state index in [4.69, 9.17) is 4.98 Å². The lowest BCUT2D eigenvalue weighted by Crippen LogP contribution is -2.49. The van der Waals surface area contributed by atoms with Gasteiger partial charge in [-0.3, -0.25) is 4.90 Å². The minimum absolute atomic E-state index is 0.0284. The zero-order valence-corrected chi connectivity index (χ0v) is 22.5. The molecule has 1 N–H and O–H groups in total. The first-order valence-electron chi connectivity index (χ1n) is 13.5. The maximum Gasteiger partial charge on any atom is 0.321 e. The Morgan fingerprint density at radius 2 is 1.38 bits per heavy atom. The van der Waals surface area contributed by atoms with Crippen LogP contribution in [0.3, 0.4) is 0 Å². The van der Waals surface area contributed by atoms with E-state index in [0.29, 0.717) is 13.1 Å². The van der Waals surface area contributed by atoms with Crippen LogP contribution in [0.2, 0.25) is 0 Å². The second-order valence-corrected chi connectivity index (χ2v) is 10.2. The van der Waals surface area contributed by atoms with Gasteiger partial charge in [0.05, 0.1) is 11.4 Å². The van der Waals surface area contributed by atoms with Crippen molar-refractivity contribution >= 4 is 17.4 Å². The van der Waals surface area contributed by atoms with E-state index < -0.39 is 0 Å². The van der Waals surface area contributed by atoms with Crippen LogP contribution in [0.5, 0.6) is 0 Å². The van der Waals surface area contributed by atoms with Crippen molar-refractivity contribution in [2.24, 2.45) is 0 Å². The third-order valence-electron chi connectivity index (χ3n) is 7.62. The number of rotatable bonds is 5. The number of anilines is 1. The van der Waals surface area contributed by atoms with Gasteiger partial charge in [-0.1, -0.05) is 78.9 Å². The fourth-order valence-corrected chi connectivity index (χ4v) is 5.39. The summed E-state index contributed by atoms with van der Waals surface area (Å²) in [5.74, 6) is 0. The number of piperazine rings is 1. The van der Waals surface area contributed by atoms with Crippen molar-refractivity contribution < 1.29 is 4.79 Å². The van der Waals surface area contributed by atoms with Gasteiger partial charge in [0.1, 0.15) is 5.65 Å². The molecular weight excluding hydrogens is 482 g/mol. The van der Waals surface area contributed by atoms with Crippen LogP contribution in [0.4, 0.5) is 10.5 Å². The average molecular weight is 516 g/mol. The van der Waals surface area contributed by atoms with Gasteiger partial charge < -0.3 is 14.6 Å². The molecule has 2 amide bonds. The van der Waals surface area contributed by atoms with E-state index in [1.807, 2.05) is 49.1 Å².